The lowest BCUT2D eigenvalue weighted by atomic mass is 9.83. The molecule has 1 nitrogen and oxygen atoms in total. The third-order valence-corrected chi connectivity index (χ3v) is 15.4. The van der Waals surface area contributed by atoms with E-state index in [2.05, 4.69) is 261 Å². The van der Waals surface area contributed by atoms with Crippen LogP contribution in [0.15, 0.2) is 271 Å². The van der Waals surface area contributed by atoms with Crippen molar-refractivity contribution in [2.24, 2.45) is 0 Å². The molecule has 0 aliphatic rings. The predicted molar refractivity (Wildman–Crippen MR) is 311 cm³/mol. The number of rotatable bonds is 6. The Labute approximate surface area is 422 Å². The largest absolute Gasteiger partial charge is 0.455 e. The van der Waals surface area contributed by atoms with Gasteiger partial charge in [-0.2, -0.15) is 0 Å². The van der Waals surface area contributed by atoms with Gasteiger partial charge in [0.2, 0.25) is 0 Å². The van der Waals surface area contributed by atoms with Crippen molar-refractivity contribution in [3.05, 3.63) is 267 Å². The van der Waals surface area contributed by atoms with Crippen molar-refractivity contribution >= 4 is 86.6 Å². The molecule has 0 spiro atoms. The number of hydrogen-bond donors (Lipinski definition) is 0. The van der Waals surface area contributed by atoms with Crippen LogP contribution in [0.2, 0.25) is 0 Å². The Kier molecular flexibility index (Phi) is 9.33. The second-order valence-electron chi connectivity index (χ2n) is 19.4. The summed E-state index contributed by atoms with van der Waals surface area (Å²) in [4.78, 5) is 0. The summed E-state index contributed by atoms with van der Waals surface area (Å²) in [6.45, 7) is 0. The van der Waals surface area contributed by atoms with E-state index < -0.39 is 0 Å². The van der Waals surface area contributed by atoms with E-state index in [0.29, 0.717) is 0 Å². The van der Waals surface area contributed by atoms with Crippen molar-refractivity contribution in [3.8, 4) is 66.8 Å². The molecule has 1 heterocycles. The first-order chi connectivity index (χ1) is 36.2. The average Bonchev–Trinajstić information content (AvgIpc) is 3.85. The van der Waals surface area contributed by atoms with E-state index in [0.717, 1.165) is 27.5 Å². The van der Waals surface area contributed by atoms with E-state index in [4.69, 9.17) is 4.42 Å². The number of benzene rings is 14. The zero-order valence-electron chi connectivity index (χ0n) is 39.8. The summed E-state index contributed by atoms with van der Waals surface area (Å²) in [5.74, 6) is 0. The molecule has 0 aliphatic heterocycles. The summed E-state index contributed by atoms with van der Waals surface area (Å²) in [6, 6.07) is 98.0. The van der Waals surface area contributed by atoms with Crippen LogP contribution < -0.4 is 0 Å². The van der Waals surface area contributed by atoms with Crippen LogP contribution in [0.5, 0.6) is 0 Å². The summed E-state index contributed by atoms with van der Waals surface area (Å²) in [6.07, 6.45) is 0. The highest BCUT2D eigenvalue weighted by molar-refractivity contribution is 6.27. The maximum absolute atomic E-state index is 6.68. The Bertz CT molecular complexity index is 4610. The second kappa shape index (κ2) is 16.5. The molecule has 15 rings (SSSR count). The molecule has 0 saturated carbocycles. The van der Waals surface area contributed by atoms with Crippen LogP contribution in [0.3, 0.4) is 0 Å². The molecule has 15 aromatic rings. The molecule has 0 fully saturated rings. The fourth-order valence-electron chi connectivity index (χ4n) is 12.2. The van der Waals surface area contributed by atoms with Gasteiger partial charge >= 0.3 is 0 Å². The summed E-state index contributed by atoms with van der Waals surface area (Å²) < 4.78 is 6.68. The lowest BCUT2D eigenvalue weighted by molar-refractivity contribution is 0.670. The zero-order valence-corrected chi connectivity index (χ0v) is 39.8. The first-order valence-corrected chi connectivity index (χ1v) is 25.2. The number of fused-ring (bicyclic) bond motifs is 9. The number of para-hydroxylation sites is 2. The molecular formula is C72H44O. The van der Waals surface area contributed by atoms with E-state index in [9.17, 15) is 0 Å². The van der Waals surface area contributed by atoms with Crippen LogP contribution in [0, 0.1) is 0 Å². The molecule has 0 atom stereocenters. The lowest BCUT2D eigenvalue weighted by Crippen LogP contribution is -1.92. The van der Waals surface area contributed by atoms with Crippen LogP contribution in [-0.4, -0.2) is 0 Å². The highest BCUT2D eigenvalue weighted by Crippen LogP contribution is 2.49. The van der Waals surface area contributed by atoms with Crippen LogP contribution in [0.1, 0.15) is 0 Å². The fourth-order valence-corrected chi connectivity index (χ4v) is 12.2. The van der Waals surface area contributed by atoms with Gasteiger partial charge < -0.3 is 4.42 Å². The molecule has 0 saturated heterocycles. The minimum absolute atomic E-state index is 0.906. The Balaban J connectivity index is 0.859. The highest BCUT2D eigenvalue weighted by Gasteiger charge is 2.22. The van der Waals surface area contributed by atoms with Crippen LogP contribution in [-0.2, 0) is 0 Å². The molecule has 1 heteroatoms. The molecular weight excluding hydrogens is 881 g/mol. The van der Waals surface area contributed by atoms with Gasteiger partial charge in [0.05, 0.1) is 0 Å². The van der Waals surface area contributed by atoms with Gasteiger partial charge in [-0.05, 0) is 145 Å². The second-order valence-corrected chi connectivity index (χ2v) is 19.4. The quantitative estimate of drug-likeness (QED) is 0.151. The molecule has 1 aromatic heterocycles. The van der Waals surface area contributed by atoms with Gasteiger partial charge in [-0.15, -0.1) is 0 Å². The molecule has 0 N–H and O–H groups in total. The Morgan fingerprint density at radius 2 is 0.575 bits per heavy atom. The van der Waals surface area contributed by atoms with Gasteiger partial charge in [0.1, 0.15) is 11.2 Å². The van der Waals surface area contributed by atoms with Crippen molar-refractivity contribution < 1.29 is 4.42 Å². The van der Waals surface area contributed by atoms with Crippen LogP contribution in [0.25, 0.3) is 153 Å². The van der Waals surface area contributed by atoms with Crippen LogP contribution >= 0.6 is 0 Å². The fraction of sp³-hybridized carbons (Fsp3) is 0. The monoisotopic (exact) mass is 924 g/mol. The van der Waals surface area contributed by atoms with Gasteiger partial charge in [0, 0.05) is 21.9 Å². The Hall–Kier alpha value is -9.56. The van der Waals surface area contributed by atoms with E-state index in [1.165, 1.54) is 126 Å². The lowest BCUT2D eigenvalue weighted by Gasteiger charge is -2.19. The molecule has 14 aromatic carbocycles. The number of hydrogen-bond acceptors (Lipinski definition) is 1. The van der Waals surface area contributed by atoms with Gasteiger partial charge in [-0.3, -0.25) is 0 Å². The molecule has 0 radical (unpaired) electrons. The van der Waals surface area contributed by atoms with Crippen molar-refractivity contribution in [1.82, 2.24) is 0 Å². The van der Waals surface area contributed by atoms with Crippen molar-refractivity contribution in [1.29, 1.82) is 0 Å². The summed E-state index contributed by atoms with van der Waals surface area (Å²) in [5.41, 5.74) is 16.4. The van der Waals surface area contributed by atoms with E-state index in [1.54, 1.807) is 0 Å². The first-order valence-electron chi connectivity index (χ1n) is 25.2. The molecule has 338 valence electrons. The van der Waals surface area contributed by atoms with E-state index >= 15 is 0 Å². The van der Waals surface area contributed by atoms with Crippen molar-refractivity contribution in [2.45, 2.75) is 0 Å². The average molecular weight is 925 g/mol. The third-order valence-electron chi connectivity index (χ3n) is 15.4. The summed E-state index contributed by atoms with van der Waals surface area (Å²) in [5, 5.41) is 17.0. The van der Waals surface area contributed by atoms with Gasteiger partial charge in [0.15, 0.2) is 0 Å². The third kappa shape index (κ3) is 6.49. The summed E-state index contributed by atoms with van der Waals surface area (Å²) >= 11 is 0. The van der Waals surface area contributed by atoms with Crippen LogP contribution in [0.4, 0.5) is 0 Å². The standard InChI is InChI=1S/C72H44O/c1-2-18-45(19-3-1)46-20-14-21-50(43-46)68-57-23-4-6-25-59(57)69(60-26-7-5-24-58(60)68)51-41-39-47-42-49(40-38-48(47)44-51)52-31-15-33-54-53(52)32-16-34-56(54)70-61-27-8-10-29-63(61)71(64-30-11-9-28-62(64)70)66-36-17-35-65-55-22-12-13-37-67(55)73-72(65)66/h1-44H. The highest BCUT2D eigenvalue weighted by atomic mass is 16.3. The topological polar surface area (TPSA) is 13.1 Å². The van der Waals surface area contributed by atoms with Crippen molar-refractivity contribution in [2.75, 3.05) is 0 Å². The molecule has 0 aliphatic carbocycles. The molecule has 0 unspecified atom stereocenters. The predicted octanol–water partition coefficient (Wildman–Crippen LogP) is 20.5. The molecule has 0 amide bonds. The minimum Gasteiger partial charge on any atom is -0.455 e. The number of furan rings is 1. The Morgan fingerprint density at radius 3 is 1.18 bits per heavy atom. The maximum atomic E-state index is 6.68. The normalized spacial score (nSPS) is 11.8. The maximum Gasteiger partial charge on any atom is 0.143 e. The van der Waals surface area contributed by atoms with E-state index in [1.807, 2.05) is 6.07 Å². The SMILES string of the molecule is c1ccc(-c2cccc(-c3c4ccccc4c(-c4ccc5cc(-c6cccc7c(-c8c9ccccc9c(-c9cccc%10c9oc9ccccc9%10)c9ccccc89)cccc67)ccc5c4)c4ccccc34)c2)cc1. The zero-order chi connectivity index (χ0) is 48.0. The van der Waals surface area contributed by atoms with Gasteiger partial charge in [0.25, 0.3) is 0 Å². The van der Waals surface area contributed by atoms with Gasteiger partial charge in [-0.1, -0.05) is 243 Å². The summed E-state index contributed by atoms with van der Waals surface area (Å²) in [7, 11) is 0. The first kappa shape index (κ1) is 41.2. The van der Waals surface area contributed by atoms with E-state index in [-0.39, 0.29) is 0 Å². The minimum atomic E-state index is 0.906. The van der Waals surface area contributed by atoms with Crippen molar-refractivity contribution in [3.63, 3.8) is 0 Å². The smallest absolute Gasteiger partial charge is 0.143 e. The molecule has 73 heavy (non-hydrogen) atoms. The molecule has 0 bridgehead atoms. The van der Waals surface area contributed by atoms with Gasteiger partial charge in [-0.25, -0.2) is 0 Å². The Morgan fingerprint density at radius 1 is 0.192 bits per heavy atom.